The third-order valence-electron chi connectivity index (χ3n) is 4.58. The number of primary amides is 1. The van der Waals surface area contributed by atoms with Gasteiger partial charge in [-0.2, -0.15) is 5.10 Å². The number of hydrogen-bond acceptors (Lipinski definition) is 7. The van der Waals surface area contributed by atoms with Crippen molar-refractivity contribution in [3.8, 4) is 11.3 Å². The fourth-order valence-corrected chi connectivity index (χ4v) is 3.69. The van der Waals surface area contributed by atoms with Gasteiger partial charge >= 0.3 is 0 Å². The van der Waals surface area contributed by atoms with Crippen molar-refractivity contribution in [2.75, 3.05) is 15.8 Å². The molecule has 4 N–H and O–H groups in total. The van der Waals surface area contributed by atoms with Crippen molar-refractivity contribution in [1.82, 2.24) is 19.7 Å². The average Bonchev–Trinajstić information content (AvgIpc) is 3.08. The maximum Gasteiger partial charge on any atom is 0.254 e. The number of aromatic nitrogens is 4. The molecule has 2 heterocycles. The molecule has 0 aliphatic carbocycles. The van der Waals surface area contributed by atoms with Crippen molar-refractivity contribution >= 4 is 33.3 Å². The predicted molar refractivity (Wildman–Crippen MR) is 124 cm³/mol. The Labute approximate surface area is 187 Å². The summed E-state index contributed by atoms with van der Waals surface area (Å²) in [7, 11) is -3.40. The number of hydrogen-bond donors (Lipinski definition) is 3. The number of nitrogens with zero attached hydrogens (tertiary/aromatic N) is 4. The number of benzene rings is 1. The van der Waals surface area contributed by atoms with Crippen LogP contribution >= 0.6 is 0 Å². The van der Waals surface area contributed by atoms with Gasteiger partial charge in [0.25, 0.3) is 5.91 Å². The lowest BCUT2D eigenvalue weighted by Crippen LogP contribution is -2.25. The first-order valence-corrected chi connectivity index (χ1v) is 11.7. The average molecular weight is 458 g/mol. The summed E-state index contributed by atoms with van der Waals surface area (Å²) in [6.07, 6.45) is 3.17. The molecule has 10 nitrogen and oxygen atoms in total. The Morgan fingerprint density at radius 1 is 1.16 bits per heavy atom. The van der Waals surface area contributed by atoms with Crippen LogP contribution in [0.2, 0.25) is 0 Å². The second-order valence-electron chi connectivity index (χ2n) is 8.27. The van der Waals surface area contributed by atoms with Gasteiger partial charge in [0.05, 0.1) is 23.2 Å². The largest absolute Gasteiger partial charge is 0.365 e. The first-order valence-electron chi connectivity index (χ1n) is 10.0. The molecule has 170 valence electrons. The fraction of sp³-hybridized carbons (Fsp3) is 0.333. The van der Waals surface area contributed by atoms with Gasteiger partial charge in [0.15, 0.2) is 0 Å². The molecule has 0 saturated heterocycles. The number of anilines is 3. The molecule has 0 aliphatic rings. The summed E-state index contributed by atoms with van der Waals surface area (Å²) in [5, 5.41) is 7.82. The van der Waals surface area contributed by atoms with Gasteiger partial charge in [-0.1, -0.05) is 12.1 Å². The Kier molecular flexibility index (Phi) is 6.22. The molecule has 0 atom stereocenters. The molecule has 0 unspecified atom stereocenters. The van der Waals surface area contributed by atoms with Gasteiger partial charge in [-0.25, -0.2) is 18.1 Å². The standard InChI is InChI=1S/C21H27N7O3S/c1-6-32(30,31)27-15-9-7-14(8-10-15)18-17(19(22)29)20(28(26-18)21(3,4)5)25-16-12-23-11-13(2)24-16/h7-12,27H,6H2,1-5H3,(H2,22,29)(H,24,25). The second kappa shape index (κ2) is 8.58. The fourth-order valence-electron chi connectivity index (χ4n) is 3.05. The molecule has 0 radical (unpaired) electrons. The number of sulfonamides is 1. The van der Waals surface area contributed by atoms with Gasteiger partial charge in [-0.15, -0.1) is 0 Å². The van der Waals surface area contributed by atoms with E-state index in [4.69, 9.17) is 5.73 Å². The lowest BCUT2D eigenvalue weighted by Gasteiger charge is -2.23. The van der Waals surface area contributed by atoms with Crippen LogP contribution in [0.3, 0.4) is 0 Å². The molecular formula is C21H27N7O3S. The Morgan fingerprint density at radius 3 is 2.34 bits per heavy atom. The number of carbonyl (C=O) groups is 1. The highest BCUT2D eigenvalue weighted by molar-refractivity contribution is 7.92. The first kappa shape index (κ1) is 23.2. The number of amides is 1. The van der Waals surface area contributed by atoms with Crippen molar-refractivity contribution in [2.45, 2.75) is 40.2 Å². The van der Waals surface area contributed by atoms with Crippen molar-refractivity contribution < 1.29 is 13.2 Å². The third kappa shape index (κ3) is 5.05. The molecular weight excluding hydrogens is 430 g/mol. The molecule has 1 aromatic carbocycles. The minimum Gasteiger partial charge on any atom is -0.365 e. The minimum absolute atomic E-state index is 0.0343. The summed E-state index contributed by atoms with van der Waals surface area (Å²) in [6, 6.07) is 6.60. The molecule has 32 heavy (non-hydrogen) atoms. The van der Waals surface area contributed by atoms with Gasteiger partial charge in [0, 0.05) is 17.4 Å². The van der Waals surface area contributed by atoms with Crippen LogP contribution in [0.1, 0.15) is 43.7 Å². The van der Waals surface area contributed by atoms with Crippen LogP contribution in [-0.2, 0) is 15.6 Å². The molecule has 2 aromatic heterocycles. The molecule has 1 amide bonds. The maximum absolute atomic E-state index is 12.5. The molecule has 0 saturated carbocycles. The Balaban J connectivity index is 2.12. The van der Waals surface area contributed by atoms with Crippen LogP contribution in [0.25, 0.3) is 11.3 Å². The van der Waals surface area contributed by atoms with E-state index in [9.17, 15) is 13.2 Å². The van der Waals surface area contributed by atoms with Gasteiger partial charge in [0.2, 0.25) is 10.0 Å². The topological polar surface area (TPSA) is 145 Å². The van der Waals surface area contributed by atoms with E-state index in [-0.39, 0.29) is 11.3 Å². The lowest BCUT2D eigenvalue weighted by atomic mass is 10.1. The number of nitrogens with two attached hydrogens (primary N) is 1. The van der Waals surface area contributed by atoms with Crippen molar-refractivity contribution in [1.29, 1.82) is 0 Å². The smallest absolute Gasteiger partial charge is 0.254 e. The second-order valence-corrected chi connectivity index (χ2v) is 10.3. The summed E-state index contributed by atoms with van der Waals surface area (Å²) in [5.74, 6) is 0.159. The van der Waals surface area contributed by atoms with Crippen LogP contribution in [0, 0.1) is 6.92 Å². The molecule has 0 fully saturated rings. The zero-order chi connectivity index (χ0) is 23.7. The third-order valence-corrected chi connectivity index (χ3v) is 5.89. The molecule has 11 heteroatoms. The molecule has 0 spiro atoms. The lowest BCUT2D eigenvalue weighted by molar-refractivity contribution is 0.100. The number of nitrogens with one attached hydrogen (secondary N) is 2. The van der Waals surface area contributed by atoms with E-state index in [1.807, 2.05) is 27.7 Å². The minimum atomic E-state index is -3.40. The predicted octanol–water partition coefficient (Wildman–Crippen LogP) is 3.01. The summed E-state index contributed by atoms with van der Waals surface area (Å²) >= 11 is 0. The highest BCUT2D eigenvalue weighted by Crippen LogP contribution is 2.34. The van der Waals surface area contributed by atoms with Crippen LogP contribution in [0.5, 0.6) is 0 Å². The number of rotatable bonds is 7. The van der Waals surface area contributed by atoms with Crippen molar-refractivity contribution in [2.24, 2.45) is 5.73 Å². The Morgan fingerprint density at radius 2 is 1.81 bits per heavy atom. The van der Waals surface area contributed by atoms with Gasteiger partial charge in [0.1, 0.15) is 22.9 Å². The highest BCUT2D eigenvalue weighted by atomic mass is 32.2. The molecule has 0 aliphatic heterocycles. The van der Waals surface area contributed by atoms with E-state index in [0.29, 0.717) is 34.3 Å². The number of carbonyl (C=O) groups excluding carboxylic acids is 1. The van der Waals surface area contributed by atoms with Crippen molar-refractivity contribution in [3.63, 3.8) is 0 Å². The SMILES string of the molecule is CCS(=O)(=O)Nc1ccc(-c2nn(C(C)(C)C)c(Nc3cncc(C)n3)c2C(N)=O)cc1. The Hall–Kier alpha value is -3.47. The normalized spacial score (nSPS) is 11.9. The monoisotopic (exact) mass is 457 g/mol. The zero-order valence-corrected chi connectivity index (χ0v) is 19.5. The van der Waals surface area contributed by atoms with Crippen LogP contribution < -0.4 is 15.8 Å². The van der Waals surface area contributed by atoms with Crippen molar-refractivity contribution in [3.05, 3.63) is 47.9 Å². The number of aryl methyl sites for hydroxylation is 1. The van der Waals surface area contributed by atoms with E-state index in [2.05, 4.69) is 25.1 Å². The summed E-state index contributed by atoms with van der Waals surface area (Å²) < 4.78 is 27.8. The van der Waals surface area contributed by atoms with Crippen LogP contribution in [0.4, 0.5) is 17.3 Å². The van der Waals surface area contributed by atoms with Gasteiger partial charge in [-0.3, -0.25) is 14.5 Å². The highest BCUT2D eigenvalue weighted by Gasteiger charge is 2.29. The van der Waals surface area contributed by atoms with Gasteiger partial charge < -0.3 is 11.1 Å². The zero-order valence-electron chi connectivity index (χ0n) is 18.7. The summed E-state index contributed by atoms with van der Waals surface area (Å²) in [6.45, 7) is 9.22. The quantitative estimate of drug-likeness (QED) is 0.494. The Bertz CT molecular complexity index is 1240. The van der Waals surface area contributed by atoms with E-state index in [0.717, 1.165) is 0 Å². The van der Waals surface area contributed by atoms with E-state index in [1.54, 1.807) is 48.3 Å². The van der Waals surface area contributed by atoms with E-state index < -0.39 is 21.5 Å². The van der Waals surface area contributed by atoms with Gasteiger partial charge in [-0.05, 0) is 46.8 Å². The molecule has 3 aromatic rings. The van der Waals surface area contributed by atoms with E-state index >= 15 is 0 Å². The first-order chi connectivity index (χ1) is 14.9. The molecule has 3 rings (SSSR count). The molecule has 0 bridgehead atoms. The maximum atomic E-state index is 12.5. The van der Waals surface area contributed by atoms with Crippen LogP contribution in [0.15, 0.2) is 36.7 Å². The summed E-state index contributed by atoms with van der Waals surface area (Å²) in [5.41, 5.74) is 7.59. The van der Waals surface area contributed by atoms with E-state index in [1.165, 1.54) is 0 Å². The van der Waals surface area contributed by atoms with Crippen LogP contribution in [-0.4, -0.2) is 39.8 Å². The summed E-state index contributed by atoms with van der Waals surface area (Å²) in [4.78, 5) is 21.0.